The Morgan fingerprint density at radius 2 is 1.70 bits per heavy atom. The van der Waals surface area contributed by atoms with Gasteiger partial charge in [0, 0.05) is 18.8 Å². The third-order valence-corrected chi connectivity index (χ3v) is 4.30. The summed E-state index contributed by atoms with van der Waals surface area (Å²) >= 11 is 0. The van der Waals surface area contributed by atoms with Gasteiger partial charge >= 0.3 is 0 Å². The summed E-state index contributed by atoms with van der Waals surface area (Å²) < 4.78 is 5.40. The molecule has 0 atom stereocenters. The highest BCUT2D eigenvalue weighted by atomic mass is 35.5. The molecule has 0 aliphatic carbocycles. The Kier molecular flexibility index (Phi) is 6.14. The Labute approximate surface area is 128 Å². The summed E-state index contributed by atoms with van der Waals surface area (Å²) in [6.07, 6.45) is 3.89. The minimum absolute atomic E-state index is 0. The zero-order chi connectivity index (χ0) is 12.9. The van der Waals surface area contributed by atoms with Gasteiger partial charge in [0.05, 0.1) is 13.2 Å². The molecule has 2 aliphatic heterocycles. The summed E-state index contributed by atoms with van der Waals surface area (Å²) in [5, 5.41) is 3.43. The maximum absolute atomic E-state index is 5.40. The fraction of sp³-hybridized carbons (Fsp3) is 0.625. The van der Waals surface area contributed by atoms with Crippen molar-refractivity contribution < 1.29 is 4.74 Å². The van der Waals surface area contributed by atoms with Gasteiger partial charge in [0.2, 0.25) is 0 Å². The number of nitrogens with zero attached hydrogens (tertiary/aromatic N) is 1. The normalized spacial score (nSPS) is 20.5. The third kappa shape index (κ3) is 4.11. The van der Waals surface area contributed by atoms with Gasteiger partial charge in [-0.1, -0.05) is 12.1 Å². The molecule has 2 aliphatic rings. The van der Waals surface area contributed by atoms with Gasteiger partial charge in [0.15, 0.2) is 0 Å². The molecule has 2 saturated heterocycles. The first-order chi connectivity index (χ1) is 9.42. The Morgan fingerprint density at radius 3 is 2.35 bits per heavy atom. The molecule has 2 fully saturated rings. The van der Waals surface area contributed by atoms with Crippen LogP contribution in [0.25, 0.3) is 0 Å². The lowest BCUT2D eigenvalue weighted by Crippen LogP contribution is -2.36. The van der Waals surface area contributed by atoms with Crippen LogP contribution in [0.1, 0.15) is 18.4 Å². The van der Waals surface area contributed by atoms with Gasteiger partial charge in [-0.25, -0.2) is 0 Å². The van der Waals surface area contributed by atoms with E-state index < -0.39 is 0 Å². The summed E-state index contributed by atoms with van der Waals surface area (Å²) in [4.78, 5) is 2.41. The van der Waals surface area contributed by atoms with E-state index in [2.05, 4.69) is 34.5 Å². The van der Waals surface area contributed by atoms with Crippen LogP contribution in [0.5, 0.6) is 0 Å². The van der Waals surface area contributed by atoms with E-state index >= 15 is 0 Å². The maximum atomic E-state index is 5.40. The first-order valence-electron chi connectivity index (χ1n) is 7.54. The van der Waals surface area contributed by atoms with Crippen LogP contribution in [0.3, 0.4) is 0 Å². The number of piperidine rings is 1. The van der Waals surface area contributed by atoms with Gasteiger partial charge in [-0.3, -0.25) is 0 Å². The van der Waals surface area contributed by atoms with Crippen molar-refractivity contribution in [3.63, 3.8) is 0 Å². The first-order valence-corrected chi connectivity index (χ1v) is 7.54. The molecule has 0 bridgehead atoms. The number of ether oxygens (including phenoxy) is 1. The van der Waals surface area contributed by atoms with Gasteiger partial charge in [-0.15, -0.1) is 12.4 Å². The average Bonchev–Trinajstić information content (AvgIpc) is 2.50. The average molecular weight is 297 g/mol. The molecule has 1 N–H and O–H groups in total. The van der Waals surface area contributed by atoms with Crippen LogP contribution in [0.4, 0.5) is 5.69 Å². The number of benzene rings is 1. The molecule has 4 heteroatoms. The van der Waals surface area contributed by atoms with Crippen LogP contribution in [0.2, 0.25) is 0 Å². The zero-order valence-electron chi connectivity index (χ0n) is 12.0. The molecular formula is C16H25ClN2O. The fourth-order valence-electron chi connectivity index (χ4n) is 3.08. The molecular weight excluding hydrogens is 272 g/mol. The highest BCUT2D eigenvalue weighted by Crippen LogP contribution is 2.21. The monoisotopic (exact) mass is 296 g/mol. The molecule has 0 amide bonds. The lowest BCUT2D eigenvalue weighted by atomic mass is 9.91. The minimum Gasteiger partial charge on any atom is -0.378 e. The van der Waals surface area contributed by atoms with E-state index in [-0.39, 0.29) is 12.4 Å². The minimum atomic E-state index is 0. The van der Waals surface area contributed by atoms with E-state index in [4.69, 9.17) is 4.74 Å². The lowest BCUT2D eigenvalue weighted by Gasteiger charge is -2.29. The molecule has 1 aromatic rings. The van der Waals surface area contributed by atoms with E-state index in [0.29, 0.717) is 0 Å². The van der Waals surface area contributed by atoms with Crippen molar-refractivity contribution in [2.45, 2.75) is 19.3 Å². The first kappa shape index (κ1) is 15.6. The Balaban J connectivity index is 0.00000147. The molecule has 3 nitrogen and oxygen atoms in total. The van der Waals surface area contributed by atoms with Gasteiger partial charge in [0.25, 0.3) is 0 Å². The predicted molar refractivity (Wildman–Crippen MR) is 86.0 cm³/mol. The zero-order valence-corrected chi connectivity index (χ0v) is 12.8. The topological polar surface area (TPSA) is 24.5 Å². The van der Waals surface area contributed by atoms with Crippen LogP contribution in [0, 0.1) is 5.92 Å². The van der Waals surface area contributed by atoms with E-state index in [0.717, 1.165) is 32.2 Å². The summed E-state index contributed by atoms with van der Waals surface area (Å²) in [6, 6.07) is 9.18. The second kappa shape index (κ2) is 7.87. The van der Waals surface area contributed by atoms with Crippen molar-refractivity contribution >= 4 is 18.1 Å². The van der Waals surface area contributed by atoms with E-state index in [1.54, 1.807) is 0 Å². The Bertz CT molecular complexity index is 384. The van der Waals surface area contributed by atoms with Crippen molar-refractivity contribution in [2.75, 3.05) is 44.3 Å². The van der Waals surface area contributed by atoms with Crippen molar-refractivity contribution in [1.82, 2.24) is 5.32 Å². The molecule has 3 rings (SSSR count). The maximum Gasteiger partial charge on any atom is 0.0642 e. The summed E-state index contributed by atoms with van der Waals surface area (Å²) in [6.45, 7) is 6.14. The van der Waals surface area contributed by atoms with Gasteiger partial charge in [-0.2, -0.15) is 0 Å². The second-order valence-corrected chi connectivity index (χ2v) is 5.66. The Morgan fingerprint density at radius 1 is 1.05 bits per heavy atom. The molecule has 0 spiro atoms. The molecule has 1 aromatic carbocycles. The van der Waals surface area contributed by atoms with Crippen molar-refractivity contribution in [3.05, 3.63) is 29.8 Å². The number of halogens is 1. The number of nitrogens with one attached hydrogen (secondary N) is 1. The number of hydrogen-bond donors (Lipinski definition) is 1. The van der Waals surface area contributed by atoms with Crippen LogP contribution in [-0.2, 0) is 11.2 Å². The van der Waals surface area contributed by atoms with E-state index in [9.17, 15) is 0 Å². The summed E-state index contributed by atoms with van der Waals surface area (Å²) in [7, 11) is 0. The standard InChI is InChI=1S/C16H24N2O.ClH/c1-3-16(18-9-11-19-12-10-18)4-2-14(1)13-15-5-7-17-8-6-15;/h1-4,15,17H,5-13H2;1H. The van der Waals surface area contributed by atoms with Crippen molar-refractivity contribution in [1.29, 1.82) is 0 Å². The number of rotatable bonds is 3. The molecule has 0 radical (unpaired) electrons. The predicted octanol–water partition coefficient (Wildman–Crippen LogP) is 2.49. The fourth-order valence-corrected chi connectivity index (χ4v) is 3.08. The van der Waals surface area contributed by atoms with Crippen LogP contribution in [-0.4, -0.2) is 39.4 Å². The highest BCUT2D eigenvalue weighted by molar-refractivity contribution is 5.85. The third-order valence-electron chi connectivity index (χ3n) is 4.30. The van der Waals surface area contributed by atoms with Crippen molar-refractivity contribution in [2.24, 2.45) is 5.92 Å². The number of hydrogen-bond acceptors (Lipinski definition) is 3. The number of anilines is 1. The molecule has 0 saturated carbocycles. The molecule has 112 valence electrons. The largest absolute Gasteiger partial charge is 0.378 e. The van der Waals surface area contributed by atoms with Crippen molar-refractivity contribution in [3.8, 4) is 0 Å². The number of morpholine rings is 1. The van der Waals surface area contributed by atoms with Crippen LogP contribution in [0.15, 0.2) is 24.3 Å². The van der Waals surface area contributed by atoms with E-state index in [1.807, 2.05) is 0 Å². The molecule has 0 aromatic heterocycles. The Hall–Kier alpha value is -0.770. The van der Waals surface area contributed by atoms with Crippen LogP contribution >= 0.6 is 12.4 Å². The smallest absolute Gasteiger partial charge is 0.0642 e. The van der Waals surface area contributed by atoms with E-state index in [1.165, 1.54) is 43.6 Å². The quantitative estimate of drug-likeness (QED) is 0.927. The van der Waals surface area contributed by atoms with Gasteiger partial charge in [-0.05, 0) is 56.0 Å². The molecule has 0 unspecified atom stereocenters. The van der Waals surface area contributed by atoms with Gasteiger partial charge in [0.1, 0.15) is 0 Å². The SMILES string of the molecule is Cl.c1cc(N2CCOCC2)ccc1CC1CCNCC1. The van der Waals surface area contributed by atoms with Crippen LogP contribution < -0.4 is 10.2 Å². The second-order valence-electron chi connectivity index (χ2n) is 5.66. The summed E-state index contributed by atoms with van der Waals surface area (Å²) in [5.74, 6) is 0.871. The highest BCUT2D eigenvalue weighted by Gasteiger charge is 2.14. The van der Waals surface area contributed by atoms with Gasteiger partial charge < -0.3 is 15.0 Å². The lowest BCUT2D eigenvalue weighted by molar-refractivity contribution is 0.122. The molecule has 20 heavy (non-hydrogen) atoms. The molecule has 2 heterocycles. The summed E-state index contributed by atoms with van der Waals surface area (Å²) in [5.41, 5.74) is 2.83.